The number of hydrogen-bond acceptors (Lipinski definition) is 2. The van der Waals surface area contributed by atoms with Crippen molar-refractivity contribution in [2.24, 2.45) is 0 Å². The van der Waals surface area contributed by atoms with E-state index in [1.54, 1.807) is 17.4 Å². The molecule has 15 heavy (non-hydrogen) atoms. The van der Waals surface area contributed by atoms with Gasteiger partial charge in [-0.05, 0) is 40.6 Å². The summed E-state index contributed by atoms with van der Waals surface area (Å²) in [5.41, 5.74) is 2.20. The average Bonchev–Trinajstić information content (AvgIpc) is 2.65. The maximum Gasteiger partial charge on any atom is 0.0441 e. The quantitative estimate of drug-likeness (QED) is 0.843. The summed E-state index contributed by atoms with van der Waals surface area (Å²) >= 11 is 13.5. The zero-order chi connectivity index (χ0) is 10.7. The number of benzene rings is 1. The van der Waals surface area contributed by atoms with Crippen LogP contribution in [0.1, 0.15) is 5.56 Å². The lowest BCUT2D eigenvalue weighted by molar-refractivity contribution is 1.16. The van der Waals surface area contributed by atoms with Crippen LogP contribution in [0, 0.1) is 0 Å². The summed E-state index contributed by atoms with van der Waals surface area (Å²) in [6, 6.07) is 7.53. The van der Waals surface area contributed by atoms with Crippen LogP contribution in [-0.4, -0.2) is 0 Å². The molecule has 0 saturated heterocycles. The number of nitrogens with one attached hydrogen (secondary N) is 1. The summed E-state index contributed by atoms with van der Waals surface area (Å²) in [5, 5.41) is 8.73. The van der Waals surface area contributed by atoms with Crippen LogP contribution < -0.4 is 5.32 Å². The maximum atomic E-state index is 5.89. The summed E-state index contributed by atoms with van der Waals surface area (Å²) in [6.07, 6.45) is 0. The molecule has 78 valence electrons. The third-order valence-electron chi connectivity index (χ3n) is 1.94. The summed E-state index contributed by atoms with van der Waals surface area (Å²) in [5.74, 6) is 0. The maximum absolute atomic E-state index is 5.89. The fourth-order valence-corrected chi connectivity index (χ4v) is 2.45. The van der Waals surface area contributed by atoms with Crippen LogP contribution in [0.2, 0.25) is 10.0 Å². The molecular weight excluding hydrogens is 249 g/mol. The zero-order valence-corrected chi connectivity index (χ0v) is 10.2. The fraction of sp³-hybridized carbons (Fsp3) is 0.0909. The Kier molecular flexibility index (Phi) is 3.52. The molecule has 0 fully saturated rings. The first-order valence-corrected chi connectivity index (χ1v) is 6.15. The molecule has 0 saturated carbocycles. The van der Waals surface area contributed by atoms with Crippen molar-refractivity contribution < 1.29 is 0 Å². The largest absolute Gasteiger partial charge is 0.381 e. The van der Waals surface area contributed by atoms with Crippen molar-refractivity contribution in [3.05, 3.63) is 50.6 Å². The summed E-state index contributed by atoms with van der Waals surface area (Å²) in [7, 11) is 0. The predicted molar refractivity (Wildman–Crippen MR) is 68.1 cm³/mol. The van der Waals surface area contributed by atoms with Gasteiger partial charge in [-0.15, -0.1) is 0 Å². The van der Waals surface area contributed by atoms with Gasteiger partial charge in [-0.2, -0.15) is 11.3 Å². The SMILES string of the molecule is Clc1cc(Cl)cc(NCc2ccsc2)c1. The minimum atomic E-state index is 0.648. The highest BCUT2D eigenvalue weighted by Crippen LogP contribution is 2.23. The molecule has 1 N–H and O–H groups in total. The molecule has 0 bridgehead atoms. The van der Waals surface area contributed by atoms with E-state index in [4.69, 9.17) is 23.2 Å². The fourth-order valence-electron chi connectivity index (χ4n) is 1.25. The van der Waals surface area contributed by atoms with Gasteiger partial charge in [-0.1, -0.05) is 23.2 Å². The van der Waals surface area contributed by atoms with Crippen molar-refractivity contribution in [3.63, 3.8) is 0 Å². The highest BCUT2D eigenvalue weighted by molar-refractivity contribution is 7.07. The molecule has 0 amide bonds. The number of hydrogen-bond donors (Lipinski definition) is 1. The second-order valence-corrected chi connectivity index (χ2v) is 4.80. The lowest BCUT2D eigenvalue weighted by atomic mass is 10.3. The molecular formula is C11H9Cl2NS. The molecule has 1 nitrogen and oxygen atoms in total. The van der Waals surface area contributed by atoms with E-state index < -0.39 is 0 Å². The summed E-state index contributed by atoms with van der Waals surface area (Å²) in [4.78, 5) is 0. The van der Waals surface area contributed by atoms with E-state index in [0.717, 1.165) is 12.2 Å². The molecule has 0 unspecified atom stereocenters. The predicted octanol–water partition coefficient (Wildman–Crippen LogP) is 4.67. The van der Waals surface area contributed by atoms with E-state index in [0.29, 0.717) is 10.0 Å². The van der Waals surface area contributed by atoms with Crippen molar-refractivity contribution in [2.75, 3.05) is 5.32 Å². The number of anilines is 1. The average molecular weight is 258 g/mol. The minimum absolute atomic E-state index is 0.648. The standard InChI is InChI=1S/C11H9Cl2NS/c12-9-3-10(13)5-11(4-9)14-6-8-1-2-15-7-8/h1-5,7,14H,6H2. The summed E-state index contributed by atoms with van der Waals surface area (Å²) in [6.45, 7) is 0.792. The third kappa shape index (κ3) is 3.13. The Hall–Kier alpha value is -0.700. The van der Waals surface area contributed by atoms with Gasteiger partial charge in [-0.25, -0.2) is 0 Å². The van der Waals surface area contributed by atoms with Crippen LogP contribution in [0.15, 0.2) is 35.0 Å². The lowest BCUT2D eigenvalue weighted by Gasteiger charge is -2.05. The molecule has 0 aliphatic carbocycles. The van der Waals surface area contributed by atoms with E-state index in [9.17, 15) is 0 Å². The normalized spacial score (nSPS) is 10.3. The third-order valence-corrected chi connectivity index (χ3v) is 3.11. The van der Waals surface area contributed by atoms with E-state index in [1.807, 2.05) is 12.1 Å². The molecule has 0 aliphatic heterocycles. The highest BCUT2D eigenvalue weighted by atomic mass is 35.5. The topological polar surface area (TPSA) is 12.0 Å². The zero-order valence-electron chi connectivity index (χ0n) is 7.84. The van der Waals surface area contributed by atoms with Gasteiger partial charge in [0.05, 0.1) is 0 Å². The molecule has 2 rings (SSSR count). The Morgan fingerprint density at radius 3 is 2.47 bits per heavy atom. The molecule has 0 radical (unpaired) electrons. The lowest BCUT2D eigenvalue weighted by Crippen LogP contribution is -1.97. The van der Waals surface area contributed by atoms with Crippen molar-refractivity contribution in [3.8, 4) is 0 Å². The smallest absolute Gasteiger partial charge is 0.0441 e. The first-order valence-electron chi connectivity index (χ1n) is 4.45. The van der Waals surface area contributed by atoms with Crippen molar-refractivity contribution in [2.45, 2.75) is 6.54 Å². The Balaban J connectivity index is 2.05. The van der Waals surface area contributed by atoms with E-state index in [-0.39, 0.29) is 0 Å². The van der Waals surface area contributed by atoms with Gasteiger partial charge in [0.2, 0.25) is 0 Å². The van der Waals surface area contributed by atoms with Gasteiger partial charge in [0, 0.05) is 22.3 Å². The number of rotatable bonds is 3. The number of thiophene rings is 1. The molecule has 0 atom stereocenters. The van der Waals surface area contributed by atoms with E-state index >= 15 is 0 Å². The molecule has 1 heterocycles. The molecule has 1 aromatic heterocycles. The molecule has 2 aromatic rings. The second kappa shape index (κ2) is 4.88. The van der Waals surface area contributed by atoms with Crippen molar-refractivity contribution >= 4 is 40.2 Å². The van der Waals surface area contributed by atoms with Crippen molar-refractivity contribution in [1.29, 1.82) is 0 Å². The molecule has 0 spiro atoms. The van der Waals surface area contributed by atoms with Crippen molar-refractivity contribution in [1.82, 2.24) is 0 Å². The monoisotopic (exact) mass is 257 g/mol. The molecule has 1 aromatic carbocycles. The van der Waals surface area contributed by atoms with E-state index in [2.05, 4.69) is 22.1 Å². The van der Waals surface area contributed by atoms with Gasteiger partial charge in [0.25, 0.3) is 0 Å². The molecule has 4 heteroatoms. The van der Waals surface area contributed by atoms with Crippen LogP contribution >= 0.6 is 34.5 Å². The second-order valence-electron chi connectivity index (χ2n) is 3.14. The van der Waals surface area contributed by atoms with Crippen LogP contribution in [0.4, 0.5) is 5.69 Å². The number of halogens is 2. The van der Waals surface area contributed by atoms with E-state index in [1.165, 1.54) is 5.56 Å². The first kappa shape index (κ1) is 10.8. The summed E-state index contributed by atoms with van der Waals surface area (Å²) < 4.78 is 0. The van der Waals surface area contributed by atoms with Gasteiger partial charge in [0.1, 0.15) is 0 Å². The van der Waals surface area contributed by atoms with Crippen LogP contribution in [-0.2, 0) is 6.54 Å². The highest BCUT2D eigenvalue weighted by Gasteiger charge is 1.98. The van der Waals surface area contributed by atoms with Gasteiger partial charge >= 0.3 is 0 Å². The molecule has 0 aliphatic rings. The van der Waals surface area contributed by atoms with Crippen LogP contribution in [0.5, 0.6) is 0 Å². The van der Waals surface area contributed by atoms with Gasteiger partial charge in [-0.3, -0.25) is 0 Å². The van der Waals surface area contributed by atoms with Crippen LogP contribution in [0.25, 0.3) is 0 Å². The Morgan fingerprint density at radius 1 is 1.13 bits per heavy atom. The Bertz CT molecular complexity index is 420. The van der Waals surface area contributed by atoms with Gasteiger partial charge in [0.15, 0.2) is 0 Å². The van der Waals surface area contributed by atoms with Crippen LogP contribution in [0.3, 0.4) is 0 Å². The Labute approximate surface area is 103 Å². The van der Waals surface area contributed by atoms with Gasteiger partial charge < -0.3 is 5.32 Å². The minimum Gasteiger partial charge on any atom is -0.381 e. The Morgan fingerprint density at radius 2 is 1.87 bits per heavy atom. The first-order chi connectivity index (χ1) is 7.24.